The highest BCUT2D eigenvalue weighted by molar-refractivity contribution is 7.99. The van der Waals surface area contributed by atoms with Crippen LogP contribution in [0.3, 0.4) is 0 Å². The van der Waals surface area contributed by atoms with Crippen molar-refractivity contribution in [3.8, 4) is 28.8 Å². The number of hydrogen-bond donors (Lipinski definition) is 1. The number of nitriles is 1. The van der Waals surface area contributed by atoms with Gasteiger partial charge in [-0.1, -0.05) is 72.4 Å². The van der Waals surface area contributed by atoms with E-state index in [2.05, 4.69) is 6.07 Å². The summed E-state index contributed by atoms with van der Waals surface area (Å²) in [7, 11) is 3.00. The molecule has 0 spiro atoms. The monoisotopic (exact) mass is 580 g/mol. The number of para-hydroxylation sites is 2. The number of hydrogen-bond acceptors (Lipinski definition) is 10. The lowest BCUT2D eigenvalue weighted by molar-refractivity contribution is -0.139. The van der Waals surface area contributed by atoms with Gasteiger partial charge < -0.3 is 24.7 Å². The van der Waals surface area contributed by atoms with Crippen molar-refractivity contribution in [3.63, 3.8) is 0 Å². The van der Waals surface area contributed by atoms with Gasteiger partial charge >= 0.3 is 5.97 Å². The molecule has 0 radical (unpaired) electrons. The summed E-state index contributed by atoms with van der Waals surface area (Å²) in [6.45, 7) is 1.83. The van der Waals surface area contributed by atoms with Crippen LogP contribution in [-0.4, -0.2) is 42.5 Å². The standard InChI is InChI=1S/C32H28N4O5S/c1-4-40-31(37)27-25(41-30(34)22(17-33)26(27)21-14-10-16-24(38-2)29(21)39-3)18-42-32-35-23-15-9-8-13-20(23)28(36-32)19-11-6-5-7-12-19/h5-16,26H,4,18,34H2,1-3H3. The van der Waals surface area contributed by atoms with Crippen molar-refractivity contribution < 1.29 is 23.7 Å². The van der Waals surface area contributed by atoms with Crippen LogP contribution in [0.4, 0.5) is 0 Å². The first-order chi connectivity index (χ1) is 20.5. The number of benzene rings is 3. The lowest BCUT2D eigenvalue weighted by Gasteiger charge is -2.29. The van der Waals surface area contributed by atoms with Crippen LogP contribution >= 0.6 is 11.8 Å². The fourth-order valence-corrected chi connectivity index (χ4v) is 5.67. The van der Waals surface area contributed by atoms with E-state index in [1.165, 1.54) is 26.0 Å². The van der Waals surface area contributed by atoms with Crippen molar-refractivity contribution in [1.82, 2.24) is 9.97 Å². The summed E-state index contributed by atoms with van der Waals surface area (Å²) >= 11 is 1.29. The summed E-state index contributed by atoms with van der Waals surface area (Å²) in [5.74, 6) is -0.471. The van der Waals surface area contributed by atoms with Crippen LogP contribution in [0.5, 0.6) is 11.5 Å². The lowest BCUT2D eigenvalue weighted by atomic mass is 9.82. The maximum Gasteiger partial charge on any atom is 0.338 e. The Kier molecular flexibility index (Phi) is 8.60. The minimum atomic E-state index is -0.916. The molecule has 2 N–H and O–H groups in total. The third-order valence-electron chi connectivity index (χ3n) is 6.70. The summed E-state index contributed by atoms with van der Waals surface area (Å²) in [5, 5.41) is 11.5. The van der Waals surface area contributed by atoms with Crippen molar-refractivity contribution in [2.75, 3.05) is 26.6 Å². The number of methoxy groups -OCH3 is 2. The van der Waals surface area contributed by atoms with Gasteiger partial charge in [-0.25, -0.2) is 14.8 Å². The van der Waals surface area contributed by atoms with Crippen LogP contribution < -0.4 is 15.2 Å². The van der Waals surface area contributed by atoms with Crippen LogP contribution in [0, 0.1) is 11.3 Å². The third kappa shape index (κ3) is 5.47. The molecule has 1 aliphatic heterocycles. The van der Waals surface area contributed by atoms with Crippen molar-refractivity contribution in [3.05, 3.63) is 101 Å². The molecule has 1 aromatic heterocycles. The van der Waals surface area contributed by atoms with E-state index in [9.17, 15) is 10.1 Å². The molecule has 0 bridgehead atoms. The number of nitrogens with two attached hydrogens (primary N) is 1. The topological polar surface area (TPSA) is 130 Å². The number of carbonyl (C=O) groups excluding carboxylic acids is 1. The van der Waals surface area contributed by atoms with Crippen LogP contribution in [0.1, 0.15) is 18.4 Å². The van der Waals surface area contributed by atoms with Gasteiger partial charge in [0.05, 0.1) is 49.3 Å². The van der Waals surface area contributed by atoms with Gasteiger partial charge in [-0.3, -0.25) is 0 Å². The Bertz CT molecular complexity index is 1750. The van der Waals surface area contributed by atoms with E-state index in [0.717, 1.165) is 22.2 Å². The van der Waals surface area contributed by atoms with E-state index in [4.69, 9.17) is 34.6 Å². The van der Waals surface area contributed by atoms with Gasteiger partial charge in [-0.2, -0.15) is 5.26 Å². The van der Waals surface area contributed by atoms with Gasteiger partial charge in [0, 0.05) is 16.5 Å². The van der Waals surface area contributed by atoms with Gasteiger partial charge in [0.1, 0.15) is 17.4 Å². The first-order valence-corrected chi connectivity index (χ1v) is 14.1. The zero-order valence-electron chi connectivity index (χ0n) is 23.3. The number of carbonyl (C=O) groups is 1. The van der Waals surface area contributed by atoms with Crippen LogP contribution in [-0.2, 0) is 14.3 Å². The Morgan fingerprint density at radius 1 is 1.02 bits per heavy atom. The van der Waals surface area contributed by atoms with E-state index in [0.29, 0.717) is 22.2 Å². The Morgan fingerprint density at radius 3 is 2.50 bits per heavy atom. The summed E-state index contributed by atoms with van der Waals surface area (Å²) in [6.07, 6.45) is 0. The van der Waals surface area contributed by atoms with Crippen LogP contribution in [0.25, 0.3) is 22.2 Å². The molecular weight excluding hydrogens is 552 g/mol. The van der Waals surface area contributed by atoms with Gasteiger partial charge in [-0.15, -0.1) is 0 Å². The lowest BCUT2D eigenvalue weighted by Crippen LogP contribution is -2.27. The Morgan fingerprint density at radius 2 is 1.79 bits per heavy atom. The van der Waals surface area contributed by atoms with E-state index in [-0.39, 0.29) is 35.1 Å². The predicted molar refractivity (Wildman–Crippen MR) is 160 cm³/mol. The number of rotatable bonds is 9. The number of fused-ring (bicyclic) bond motifs is 1. The molecule has 2 heterocycles. The molecule has 0 saturated carbocycles. The van der Waals surface area contributed by atoms with Gasteiger partial charge in [0.15, 0.2) is 16.7 Å². The van der Waals surface area contributed by atoms with Crippen molar-refractivity contribution >= 4 is 28.6 Å². The minimum Gasteiger partial charge on any atom is -0.493 e. The van der Waals surface area contributed by atoms with E-state index < -0.39 is 11.9 Å². The molecule has 1 atom stereocenters. The molecule has 1 aliphatic rings. The molecule has 0 fully saturated rings. The van der Waals surface area contributed by atoms with E-state index in [1.54, 1.807) is 25.1 Å². The fourth-order valence-electron chi connectivity index (χ4n) is 4.87. The molecule has 4 aromatic rings. The molecule has 10 heteroatoms. The zero-order valence-corrected chi connectivity index (χ0v) is 24.1. The van der Waals surface area contributed by atoms with E-state index >= 15 is 0 Å². The zero-order chi connectivity index (χ0) is 29.6. The Labute approximate surface area is 247 Å². The number of ether oxygens (including phenoxy) is 4. The number of aromatic nitrogens is 2. The summed E-state index contributed by atoms with van der Waals surface area (Å²) in [5.41, 5.74) is 9.53. The van der Waals surface area contributed by atoms with Crippen LogP contribution in [0.2, 0.25) is 0 Å². The number of esters is 1. The SMILES string of the molecule is CCOC(=O)C1=C(CSc2nc(-c3ccccc3)c3ccccc3n2)OC(N)=C(C#N)C1c1cccc(OC)c1OC. The highest BCUT2D eigenvalue weighted by Gasteiger charge is 2.39. The Balaban J connectivity index is 1.61. The first-order valence-electron chi connectivity index (χ1n) is 13.1. The third-order valence-corrected chi connectivity index (χ3v) is 7.55. The molecule has 1 unspecified atom stereocenters. The first kappa shape index (κ1) is 28.5. The second-order valence-electron chi connectivity index (χ2n) is 9.09. The average molecular weight is 581 g/mol. The maximum absolute atomic E-state index is 13.5. The molecule has 9 nitrogen and oxygen atoms in total. The van der Waals surface area contributed by atoms with Gasteiger partial charge in [0.25, 0.3) is 0 Å². The predicted octanol–water partition coefficient (Wildman–Crippen LogP) is 5.73. The maximum atomic E-state index is 13.5. The van der Waals surface area contributed by atoms with Gasteiger partial charge in [-0.05, 0) is 19.1 Å². The van der Waals surface area contributed by atoms with E-state index in [1.807, 2.05) is 54.6 Å². The minimum absolute atomic E-state index is 0.0617. The Hall–Kier alpha value is -5.01. The largest absolute Gasteiger partial charge is 0.493 e. The molecule has 0 aliphatic carbocycles. The molecule has 212 valence electrons. The van der Waals surface area contributed by atoms with Crippen molar-refractivity contribution in [2.45, 2.75) is 18.0 Å². The summed E-state index contributed by atoms with van der Waals surface area (Å²) < 4.78 is 22.5. The fraction of sp³-hybridized carbons (Fsp3) is 0.188. The summed E-state index contributed by atoms with van der Waals surface area (Å²) in [4.78, 5) is 23.1. The second-order valence-corrected chi connectivity index (χ2v) is 10.0. The number of allylic oxidation sites excluding steroid dienone is 1. The van der Waals surface area contributed by atoms with Crippen molar-refractivity contribution in [2.24, 2.45) is 5.73 Å². The molecule has 42 heavy (non-hydrogen) atoms. The molecule has 0 saturated heterocycles. The molecular formula is C32H28N4O5S. The summed E-state index contributed by atoms with van der Waals surface area (Å²) in [6, 6.07) is 25.0. The highest BCUT2D eigenvalue weighted by atomic mass is 32.2. The normalized spacial score (nSPS) is 14.8. The number of nitrogens with zero attached hydrogens (tertiary/aromatic N) is 3. The smallest absolute Gasteiger partial charge is 0.338 e. The quantitative estimate of drug-likeness (QED) is 0.149. The number of thioether (sulfide) groups is 1. The van der Waals surface area contributed by atoms with Crippen molar-refractivity contribution in [1.29, 1.82) is 5.26 Å². The van der Waals surface area contributed by atoms with Gasteiger partial charge in [0.2, 0.25) is 5.88 Å². The average Bonchev–Trinajstić information content (AvgIpc) is 3.02. The molecule has 3 aromatic carbocycles. The molecule has 0 amide bonds. The molecule has 5 rings (SSSR count). The second kappa shape index (κ2) is 12.7. The highest BCUT2D eigenvalue weighted by Crippen LogP contribution is 2.46. The van der Waals surface area contributed by atoms with Crippen LogP contribution in [0.15, 0.2) is 101 Å².